The molecule has 0 aromatic rings. The van der Waals surface area contributed by atoms with Crippen molar-refractivity contribution in [2.75, 3.05) is 39.8 Å². The molecule has 0 aromatic carbocycles. The second-order valence-electron chi connectivity index (χ2n) is 6.02. The molecule has 3 fully saturated rings. The molecular weight excluding hydrogens is 242 g/mol. The highest BCUT2D eigenvalue weighted by Crippen LogP contribution is 2.22. The van der Waals surface area contributed by atoms with E-state index in [2.05, 4.69) is 15.1 Å². The molecule has 3 heterocycles. The predicted octanol–water partition coefficient (Wildman–Crippen LogP) is 0.0600. The van der Waals surface area contributed by atoms with Crippen molar-refractivity contribution >= 4 is 5.91 Å². The number of carbonyl (C=O) groups is 1. The maximum Gasteiger partial charge on any atom is 0.239 e. The third-order valence-corrected chi connectivity index (χ3v) is 4.85. The number of amides is 1. The van der Waals surface area contributed by atoms with Gasteiger partial charge in [0.05, 0.1) is 12.1 Å². The van der Waals surface area contributed by atoms with Crippen molar-refractivity contribution < 1.29 is 9.53 Å². The zero-order valence-electron chi connectivity index (χ0n) is 11.8. The van der Waals surface area contributed by atoms with Crippen LogP contribution in [0.25, 0.3) is 0 Å². The standard InChI is InChI=1S/C14H25N3O2/c1-19-12-8-13(15-9-12)14(18)17-7-4-11(10-17)16-5-2-3-6-16/h11-13,15H,2-10H2,1H3. The molecule has 0 radical (unpaired) electrons. The fraction of sp³-hybridized carbons (Fsp3) is 0.929. The molecule has 0 spiro atoms. The van der Waals surface area contributed by atoms with Crippen LogP contribution in [0.15, 0.2) is 0 Å². The Bertz CT molecular complexity index is 331. The van der Waals surface area contributed by atoms with Crippen molar-refractivity contribution in [2.45, 2.75) is 43.9 Å². The van der Waals surface area contributed by atoms with E-state index in [1.165, 1.54) is 25.9 Å². The monoisotopic (exact) mass is 267 g/mol. The molecular formula is C14H25N3O2. The summed E-state index contributed by atoms with van der Waals surface area (Å²) in [6.07, 6.45) is 4.81. The summed E-state index contributed by atoms with van der Waals surface area (Å²) in [6.45, 7) is 5.10. The third kappa shape index (κ3) is 2.78. The topological polar surface area (TPSA) is 44.8 Å². The summed E-state index contributed by atoms with van der Waals surface area (Å²) in [5.74, 6) is 0.279. The number of nitrogens with one attached hydrogen (secondary N) is 1. The van der Waals surface area contributed by atoms with Gasteiger partial charge in [0.1, 0.15) is 0 Å². The molecule has 3 rings (SSSR count). The number of hydrogen-bond acceptors (Lipinski definition) is 4. The van der Waals surface area contributed by atoms with Crippen molar-refractivity contribution in [1.82, 2.24) is 15.1 Å². The van der Waals surface area contributed by atoms with Crippen LogP contribution < -0.4 is 5.32 Å². The van der Waals surface area contributed by atoms with Gasteiger partial charge in [0, 0.05) is 32.8 Å². The van der Waals surface area contributed by atoms with E-state index in [4.69, 9.17) is 4.74 Å². The molecule has 5 heteroatoms. The largest absolute Gasteiger partial charge is 0.380 e. The first-order chi connectivity index (χ1) is 9.28. The highest BCUT2D eigenvalue weighted by molar-refractivity contribution is 5.82. The number of methoxy groups -OCH3 is 1. The van der Waals surface area contributed by atoms with Gasteiger partial charge in [-0.05, 0) is 38.8 Å². The minimum Gasteiger partial charge on any atom is -0.380 e. The van der Waals surface area contributed by atoms with E-state index < -0.39 is 0 Å². The number of ether oxygens (including phenoxy) is 1. The van der Waals surface area contributed by atoms with E-state index in [-0.39, 0.29) is 18.1 Å². The highest BCUT2D eigenvalue weighted by Gasteiger charge is 2.37. The zero-order valence-corrected chi connectivity index (χ0v) is 11.8. The van der Waals surface area contributed by atoms with Crippen LogP contribution >= 0.6 is 0 Å². The fourth-order valence-electron chi connectivity index (χ4n) is 3.64. The number of carbonyl (C=O) groups excluding carboxylic acids is 1. The molecule has 3 atom stereocenters. The Morgan fingerprint density at radius 2 is 2.05 bits per heavy atom. The van der Waals surface area contributed by atoms with Gasteiger partial charge in [-0.15, -0.1) is 0 Å². The fourth-order valence-corrected chi connectivity index (χ4v) is 3.64. The first-order valence-electron chi connectivity index (χ1n) is 7.57. The van der Waals surface area contributed by atoms with Crippen LogP contribution in [0.1, 0.15) is 25.7 Å². The lowest BCUT2D eigenvalue weighted by Gasteiger charge is -2.25. The van der Waals surface area contributed by atoms with E-state index in [9.17, 15) is 4.79 Å². The van der Waals surface area contributed by atoms with Crippen LogP contribution in [-0.2, 0) is 9.53 Å². The maximum absolute atomic E-state index is 12.5. The van der Waals surface area contributed by atoms with Gasteiger partial charge in [-0.2, -0.15) is 0 Å². The van der Waals surface area contributed by atoms with E-state index in [1.54, 1.807) is 7.11 Å². The van der Waals surface area contributed by atoms with E-state index >= 15 is 0 Å². The molecule has 3 saturated heterocycles. The Kier molecular flexibility index (Phi) is 4.05. The van der Waals surface area contributed by atoms with Crippen LogP contribution in [0.5, 0.6) is 0 Å². The molecule has 5 nitrogen and oxygen atoms in total. The van der Waals surface area contributed by atoms with Crippen molar-refractivity contribution in [1.29, 1.82) is 0 Å². The summed E-state index contributed by atoms with van der Waals surface area (Å²) in [5.41, 5.74) is 0. The van der Waals surface area contributed by atoms with E-state index in [0.717, 1.165) is 32.5 Å². The first-order valence-corrected chi connectivity index (χ1v) is 7.57. The number of hydrogen-bond donors (Lipinski definition) is 1. The normalized spacial score (nSPS) is 36.3. The molecule has 19 heavy (non-hydrogen) atoms. The van der Waals surface area contributed by atoms with E-state index in [1.807, 2.05) is 0 Å². The Morgan fingerprint density at radius 1 is 1.26 bits per heavy atom. The molecule has 1 N–H and O–H groups in total. The maximum atomic E-state index is 12.5. The third-order valence-electron chi connectivity index (χ3n) is 4.85. The second kappa shape index (κ2) is 5.77. The summed E-state index contributed by atoms with van der Waals surface area (Å²) in [4.78, 5) is 17.1. The molecule has 1 amide bonds. The first kappa shape index (κ1) is 13.3. The molecule has 3 aliphatic heterocycles. The van der Waals surface area contributed by atoms with Gasteiger partial charge in [0.15, 0.2) is 0 Å². The van der Waals surface area contributed by atoms with Gasteiger partial charge in [0.2, 0.25) is 5.91 Å². The molecule has 0 saturated carbocycles. The smallest absolute Gasteiger partial charge is 0.239 e. The summed E-state index contributed by atoms with van der Waals surface area (Å²) >= 11 is 0. The predicted molar refractivity (Wildman–Crippen MR) is 73.0 cm³/mol. The van der Waals surface area contributed by atoms with Crippen LogP contribution in [0, 0.1) is 0 Å². The van der Waals surface area contributed by atoms with Crippen LogP contribution in [0.4, 0.5) is 0 Å². The minimum absolute atomic E-state index is 0.0257. The highest BCUT2D eigenvalue weighted by atomic mass is 16.5. The van der Waals surface area contributed by atoms with Gasteiger partial charge in [-0.3, -0.25) is 9.69 Å². The van der Waals surface area contributed by atoms with Crippen LogP contribution in [0.2, 0.25) is 0 Å². The molecule has 0 aromatic heterocycles. The molecule has 0 aliphatic carbocycles. The number of rotatable bonds is 3. The minimum atomic E-state index is -0.0257. The quantitative estimate of drug-likeness (QED) is 0.785. The molecule has 0 bridgehead atoms. The number of nitrogens with zero attached hydrogens (tertiary/aromatic N) is 2. The summed E-state index contributed by atoms with van der Waals surface area (Å²) in [5, 5.41) is 3.29. The van der Waals surface area contributed by atoms with Gasteiger partial charge in [0.25, 0.3) is 0 Å². The lowest BCUT2D eigenvalue weighted by molar-refractivity contribution is -0.132. The van der Waals surface area contributed by atoms with Gasteiger partial charge < -0.3 is 15.0 Å². The summed E-state index contributed by atoms with van der Waals surface area (Å²) < 4.78 is 5.32. The molecule has 3 aliphatic rings. The average Bonchev–Trinajstić information content (AvgIpc) is 3.16. The number of likely N-dealkylation sites (tertiary alicyclic amines) is 2. The SMILES string of the molecule is COC1CNC(C(=O)N2CCC(N3CCCC3)C2)C1. The lowest BCUT2D eigenvalue weighted by atomic mass is 10.2. The average molecular weight is 267 g/mol. The molecule has 3 unspecified atom stereocenters. The van der Waals surface area contributed by atoms with Gasteiger partial charge in [-0.1, -0.05) is 0 Å². The van der Waals surface area contributed by atoms with Crippen LogP contribution in [-0.4, -0.2) is 73.7 Å². The van der Waals surface area contributed by atoms with Crippen molar-refractivity contribution in [3.63, 3.8) is 0 Å². The Morgan fingerprint density at radius 3 is 2.74 bits per heavy atom. The molecule has 108 valence electrons. The van der Waals surface area contributed by atoms with Gasteiger partial charge in [-0.25, -0.2) is 0 Å². The van der Waals surface area contributed by atoms with E-state index in [0.29, 0.717) is 6.04 Å². The second-order valence-corrected chi connectivity index (χ2v) is 6.02. The van der Waals surface area contributed by atoms with Crippen molar-refractivity contribution in [2.24, 2.45) is 0 Å². The zero-order chi connectivity index (χ0) is 13.2. The van der Waals surface area contributed by atoms with Crippen molar-refractivity contribution in [3.8, 4) is 0 Å². The Hall–Kier alpha value is -0.650. The Balaban J connectivity index is 1.51. The summed E-state index contributed by atoms with van der Waals surface area (Å²) in [7, 11) is 1.72. The van der Waals surface area contributed by atoms with Crippen LogP contribution in [0.3, 0.4) is 0 Å². The lowest BCUT2D eigenvalue weighted by Crippen LogP contribution is -2.44. The van der Waals surface area contributed by atoms with Gasteiger partial charge >= 0.3 is 0 Å². The summed E-state index contributed by atoms with van der Waals surface area (Å²) in [6, 6.07) is 0.577. The van der Waals surface area contributed by atoms with Crippen molar-refractivity contribution in [3.05, 3.63) is 0 Å². The Labute approximate surface area is 115 Å².